The van der Waals surface area contributed by atoms with Gasteiger partial charge in [-0.2, -0.15) is 4.31 Å². The van der Waals surface area contributed by atoms with Crippen LogP contribution in [0.1, 0.15) is 40.5 Å². The fourth-order valence-electron chi connectivity index (χ4n) is 5.84. The van der Waals surface area contributed by atoms with Crippen molar-refractivity contribution in [3.05, 3.63) is 36.5 Å². The van der Waals surface area contributed by atoms with Gasteiger partial charge in [-0.1, -0.05) is 26.8 Å². The van der Waals surface area contributed by atoms with Crippen molar-refractivity contribution in [3.63, 3.8) is 0 Å². The number of nitrogens with zero attached hydrogens (tertiary/aromatic N) is 3. The summed E-state index contributed by atoms with van der Waals surface area (Å²) < 4.78 is 26.9. The van der Waals surface area contributed by atoms with Crippen LogP contribution in [0.4, 0.5) is 5.69 Å². The van der Waals surface area contributed by atoms with Gasteiger partial charge in [0, 0.05) is 43.1 Å². The molecule has 2 fully saturated rings. The minimum absolute atomic E-state index is 0.0386. The maximum absolute atomic E-state index is 14.0. The van der Waals surface area contributed by atoms with E-state index >= 15 is 0 Å². The van der Waals surface area contributed by atoms with Gasteiger partial charge < -0.3 is 20.9 Å². The van der Waals surface area contributed by atoms with Gasteiger partial charge in [0.05, 0.1) is 29.5 Å². The SMILES string of the molecule is CNC(C)C(=O)NC(C(=O)N1CCC2C1C(CC(=O)Nc1cccc3ncccc13)CN2S(C)(=O)=O)C(C)(C)C. The van der Waals surface area contributed by atoms with Crippen molar-refractivity contribution in [2.24, 2.45) is 11.3 Å². The second kappa shape index (κ2) is 11.4. The van der Waals surface area contributed by atoms with Crippen molar-refractivity contribution < 1.29 is 22.8 Å². The standard InChI is InChI=1S/C28H40N6O5S/c1-17(29-5)26(36)32-25(28(2,3)4)27(37)33-14-12-22-24(33)18(16-34(22)40(6,38)39)15-23(35)31-21-11-7-10-20-19(21)9-8-13-30-20/h7-11,13,17-18,22,24-25,29H,12,14-16H2,1-6H3,(H,31,35)(H,32,36). The number of sulfonamides is 1. The van der Waals surface area contributed by atoms with E-state index in [-0.39, 0.29) is 30.7 Å². The Morgan fingerprint density at radius 1 is 1.15 bits per heavy atom. The van der Waals surface area contributed by atoms with E-state index in [9.17, 15) is 22.8 Å². The molecule has 2 aliphatic heterocycles. The zero-order valence-corrected chi connectivity index (χ0v) is 24.8. The number of anilines is 1. The molecule has 218 valence electrons. The number of likely N-dealkylation sites (tertiary alicyclic amines) is 1. The molecular weight excluding hydrogens is 532 g/mol. The third-order valence-electron chi connectivity index (χ3n) is 7.99. The molecule has 3 amide bonds. The molecule has 12 heteroatoms. The molecule has 3 heterocycles. The Labute approximate surface area is 236 Å². The zero-order valence-electron chi connectivity index (χ0n) is 24.0. The van der Waals surface area contributed by atoms with Gasteiger partial charge in [0.1, 0.15) is 6.04 Å². The van der Waals surface area contributed by atoms with Crippen LogP contribution in [0.25, 0.3) is 10.9 Å². The number of carbonyl (C=O) groups excluding carboxylic acids is 3. The Kier molecular flexibility index (Phi) is 8.53. The summed E-state index contributed by atoms with van der Waals surface area (Å²) in [6.45, 7) is 7.86. The highest BCUT2D eigenvalue weighted by Gasteiger charge is 2.54. The zero-order chi connectivity index (χ0) is 29.4. The monoisotopic (exact) mass is 572 g/mol. The first kappa shape index (κ1) is 29.9. The lowest BCUT2D eigenvalue weighted by Gasteiger charge is -2.37. The molecule has 11 nitrogen and oxygen atoms in total. The average Bonchev–Trinajstić information content (AvgIpc) is 3.47. The third-order valence-corrected chi connectivity index (χ3v) is 9.26. The first-order valence-electron chi connectivity index (χ1n) is 13.6. The van der Waals surface area contributed by atoms with Crippen LogP contribution >= 0.6 is 0 Å². The van der Waals surface area contributed by atoms with E-state index in [1.54, 1.807) is 37.2 Å². The van der Waals surface area contributed by atoms with Crippen LogP contribution in [-0.2, 0) is 24.4 Å². The summed E-state index contributed by atoms with van der Waals surface area (Å²) in [5.41, 5.74) is 0.779. The lowest BCUT2D eigenvalue weighted by molar-refractivity contribution is -0.141. The van der Waals surface area contributed by atoms with E-state index < -0.39 is 45.5 Å². The third kappa shape index (κ3) is 6.13. The number of amides is 3. The second-order valence-electron chi connectivity index (χ2n) is 11.9. The molecular formula is C28H40N6O5S. The fourth-order valence-corrected chi connectivity index (χ4v) is 7.03. The fraction of sp³-hybridized carbons (Fsp3) is 0.571. The number of nitrogens with one attached hydrogen (secondary N) is 3. The van der Waals surface area contributed by atoms with E-state index in [2.05, 4.69) is 20.9 Å². The molecule has 1 aromatic heterocycles. The number of aromatic nitrogens is 1. The summed E-state index contributed by atoms with van der Waals surface area (Å²) in [4.78, 5) is 46.1. The quantitative estimate of drug-likeness (QED) is 0.436. The smallest absolute Gasteiger partial charge is 0.246 e. The van der Waals surface area contributed by atoms with Crippen LogP contribution < -0.4 is 16.0 Å². The number of hydrogen-bond acceptors (Lipinski definition) is 7. The minimum Gasteiger partial charge on any atom is -0.342 e. The second-order valence-corrected chi connectivity index (χ2v) is 13.9. The predicted octanol–water partition coefficient (Wildman–Crippen LogP) is 1.56. The van der Waals surface area contributed by atoms with Gasteiger partial charge >= 0.3 is 0 Å². The molecule has 5 atom stereocenters. The molecule has 2 aromatic rings. The summed E-state index contributed by atoms with van der Waals surface area (Å²) in [5.74, 6) is -1.24. The molecule has 0 aliphatic carbocycles. The van der Waals surface area contributed by atoms with Crippen LogP contribution in [0.2, 0.25) is 0 Å². The molecule has 3 N–H and O–H groups in total. The van der Waals surface area contributed by atoms with Gasteiger partial charge in [0.2, 0.25) is 27.7 Å². The van der Waals surface area contributed by atoms with Crippen molar-refractivity contribution in [1.29, 1.82) is 0 Å². The Hall–Kier alpha value is -3.09. The van der Waals surface area contributed by atoms with Crippen molar-refractivity contribution >= 4 is 44.3 Å². The van der Waals surface area contributed by atoms with Gasteiger partial charge in [-0.3, -0.25) is 19.4 Å². The topological polar surface area (TPSA) is 141 Å². The Bertz CT molecular complexity index is 1390. The van der Waals surface area contributed by atoms with Gasteiger partial charge in [0.25, 0.3) is 0 Å². The van der Waals surface area contributed by atoms with Crippen LogP contribution in [0, 0.1) is 11.3 Å². The van der Waals surface area contributed by atoms with Gasteiger partial charge in [-0.15, -0.1) is 0 Å². The first-order valence-corrected chi connectivity index (χ1v) is 15.5. The molecule has 0 saturated carbocycles. The van der Waals surface area contributed by atoms with E-state index in [1.165, 1.54) is 4.31 Å². The Balaban J connectivity index is 1.59. The van der Waals surface area contributed by atoms with E-state index in [0.717, 1.165) is 17.2 Å². The number of pyridine rings is 1. The lowest BCUT2D eigenvalue weighted by atomic mass is 9.85. The number of fused-ring (bicyclic) bond motifs is 2. The Morgan fingerprint density at radius 2 is 1.88 bits per heavy atom. The van der Waals surface area contributed by atoms with E-state index in [1.807, 2.05) is 39.0 Å². The molecule has 4 rings (SSSR count). The number of likely N-dealkylation sites (N-methyl/N-ethyl adjacent to an activating group) is 1. The molecule has 0 bridgehead atoms. The summed E-state index contributed by atoms with van der Waals surface area (Å²) in [6.07, 6.45) is 3.35. The normalized spacial score (nSPS) is 23.1. The maximum Gasteiger partial charge on any atom is 0.246 e. The molecule has 0 radical (unpaired) electrons. The maximum atomic E-state index is 14.0. The highest BCUT2D eigenvalue weighted by Crippen LogP contribution is 2.40. The number of rotatable bonds is 8. The first-order chi connectivity index (χ1) is 18.7. The van der Waals surface area contributed by atoms with Gasteiger partial charge in [-0.05, 0) is 50.1 Å². The number of hydrogen-bond donors (Lipinski definition) is 3. The largest absolute Gasteiger partial charge is 0.342 e. The van der Waals surface area contributed by atoms with Crippen LogP contribution in [0.15, 0.2) is 36.5 Å². The van der Waals surface area contributed by atoms with Crippen LogP contribution in [0.5, 0.6) is 0 Å². The lowest BCUT2D eigenvalue weighted by Crippen LogP contribution is -2.59. The summed E-state index contributed by atoms with van der Waals surface area (Å²) in [5, 5.41) is 9.56. The minimum atomic E-state index is -3.57. The molecule has 2 aliphatic rings. The van der Waals surface area contributed by atoms with Crippen molar-refractivity contribution in [3.8, 4) is 0 Å². The summed E-state index contributed by atoms with van der Waals surface area (Å²) in [7, 11) is -1.89. The summed E-state index contributed by atoms with van der Waals surface area (Å²) in [6, 6.07) is 6.94. The van der Waals surface area contributed by atoms with Crippen molar-refractivity contribution in [2.75, 3.05) is 31.7 Å². The van der Waals surface area contributed by atoms with Crippen molar-refractivity contribution in [2.45, 2.75) is 64.7 Å². The molecule has 0 spiro atoms. The van der Waals surface area contributed by atoms with Crippen LogP contribution in [0.3, 0.4) is 0 Å². The van der Waals surface area contributed by atoms with E-state index in [4.69, 9.17) is 0 Å². The Morgan fingerprint density at radius 3 is 2.52 bits per heavy atom. The molecule has 40 heavy (non-hydrogen) atoms. The van der Waals surface area contributed by atoms with Gasteiger partial charge in [0.15, 0.2) is 0 Å². The number of benzene rings is 1. The highest BCUT2D eigenvalue weighted by molar-refractivity contribution is 7.88. The van der Waals surface area contributed by atoms with E-state index in [0.29, 0.717) is 18.7 Å². The van der Waals surface area contributed by atoms with Crippen molar-refractivity contribution in [1.82, 2.24) is 24.8 Å². The highest BCUT2D eigenvalue weighted by atomic mass is 32.2. The number of carbonyl (C=O) groups is 3. The molecule has 1 aromatic carbocycles. The molecule has 2 saturated heterocycles. The van der Waals surface area contributed by atoms with Gasteiger partial charge in [-0.25, -0.2) is 8.42 Å². The molecule has 5 unspecified atom stereocenters. The summed E-state index contributed by atoms with van der Waals surface area (Å²) >= 11 is 0. The average molecular weight is 573 g/mol. The van der Waals surface area contributed by atoms with Crippen LogP contribution in [-0.4, -0.2) is 90.9 Å². The predicted molar refractivity (Wildman–Crippen MR) is 154 cm³/mol.